The van der Waals surface area contributed by atoms with Gasteiger partial charge in [-0.25, -0.2) is 0 Å². The average Bonchev–Trinajstić information content (AvgIpc) is 3.26. The van der Waals surface area contributed by atoms with Gasteiger partial charge in [0.2, 0.25) is 0 Å². The molecular weight excluding hydrogens is 330 g/mol. The standard InChI is InChI=1S/C19H17N5O2/c1-12(18-22-21-15-10-6-7-11-24(15)18)20-19(25)16-13(2)26-23-17(16)14-8-4-3-5-9-14/h3-12H,1-2H3,(H,20,25). The molecule has 130 valence electrons. The molecule has 0 fully saturated rings. The Balaban J connectivity index is 1.64. The van der Waals surface area contributed by atoms with Crippen molar-refractivity contribution in [2.45, 2.75) is 19.9 Å². The molecule has 26 heavy (non-hydrogen) atoms. The normalized spacial score (nSPS) is 12.2. The first-order chi connectivity index (χ1) is 12.6. The molecule has 3 heterocycles. The first-order valence-corrected chi connectivity index (χ1v) is 8.27. The van der Waals surface area contributed by atoms with Crippen molar-refractivity contribution in [1.82, 2.24) is 25.1 Å². The Morgan fingerprint density at radius 2 is 1.88 bits per heavy atom. The third-order valence-electron chi connectivity index (χ3n) is 4.21. The molecule has 1 unspecified atom stereocenters. The Bertz CT molecular complexity index is 1070. The molecule has 0 bridgehead atoms. The van der Waals surface area contributed by atoms with Crippen LogP contribution in [0.1, 0.15) is 34.9 Å². The smallest absolute Gasteiger partial charge is 0.257 e. The van der Waals surface area contributed by atoms with Gasteiger partial charge < -0.3 is 9.84 Å². The lowest BCUT2D eigenvalue weighted by molar-refractivity contribution is 0.0937. The van der Waals surface area contributed by atoms with Crippen LogP contribution in [-0.4, -0.2) is 25.7 Å². The van der Waals surface area contributed by atoms with E-state index in [9.17, 15) is 4.79 Å². The molecule has 0 saturated heterocycles. The van der Waals surface area contributed by atoms with Crippen molar-refractivity contribution in [2.75, 3.05) is 0 Å². The van der Waals surface area contributed by atoms with Crippen LogP contribution in [0.5, 0.6) is 0 Å². The number of aromatic nitrogens is 4. The predicted molar refractivity (Wildman–Crippen MR) is 95.5 cm³/mol. The van der Waals surface area contributed by atoms with Crippen LogP contribution >= 0.6 is 0 Å². The van der Waals surface area contributed by atoms with Gasteiger partial charge in [-0.15, -0.1) is 10.2 Å². The molecule has 4 aromatic rings. The van der Waals surface area contributed by atoms with Crippen molar-refractivity contribution >= 4 is 11.6 Å². The molecule has 0 radical (unpaired) electrons. The van der Waals surface area contributed by atoms with Gasteiger partial charge in [-0.1, -0.05) is 41.6 Å². The summed E-state index contributed by atoms with van der Waals surface area (Å²) in [4.78, 5) is 12.9. The molecule has 1 aromatic carbocycles. The molecule has 1 N–H and O–H groups in total. The minimum Gasteiger partial charge on any atom is -0.360 e. The van der Waals surface area contributed by atoms with Crippen LogP contribution < -0.4 is 5.32 Å². The molecule has 1 atom stereocenters. The number of carbonyl (C=O) groups is 1. The second kappa shape index (κ2) is 6.44. The molecule has 1 amide bonds. The Morgan fingerprint density at radius 3 is 2.69 bits per heavy atom. The van der Waals surface area contributed by atoms with Gasteiger partial charge in [-0.3, -0.25) is 9.20 Å². The summed E-state index contributed by atoms with van der Waals surface area (Å²) in [6.07, 6.45) is 1.87. The molecule has 0 saturated carbocycles. The molecule has 0 aliphatic rings. The lowest BCUT2D eigenvalue weighted by atomic mass is 10.1. The largest absolute Gasteiger partial charge is 0.360 e. The van der Waals surface area contributed by atoms with E-state index in [4.69, 9.17) is 4.52 Å². The molecule has 0 aliphatic carbocycles. The summed E-state index contributed by atoms with van der Waals surface area (Å²) in [5.41, 5.74) is 2.51. The maximum absolute atomic E-state index is 12.9. The van der Waals surface area contributed by atoms with Crippen LogP contribution in [0.2, 0.25) is 0 Å². The summed E-state index contributed by atoms with van der Waals surface area (Å²) < 4.78 is 7.12. The van der Waals surface area contributed by atoms with Crippen LogP contribution in [0.3, 0.4) is 0 Å². The predicted octanol–water partition coefficient (Wildman–Crippen LogP) is 3.18. The van der Waals surface area contributed by atoms with E-state index < -0.39 is 0 Å². The van der Waals surface area contributed by atoms with Gasteiger partial charge in [0.25, 0.3) is 5.91 Å². The van der Waals surface area contributed by atoms with E-state index in [1.165, 1.54) is 0 Å². The van der Waals surface area contributed by atoms with Gasteiger partial charge in [-0.05, 0) is 26.0 Å². The molecule has 3 aromatic heterocycles. The Kier molecular flexibility index (Phi) is 3.96. The lowest BCUT2D eigenvalue weighted by Crippen LogP contribution is -2.28. The summed E-state index contributed by atoms with van der Waals surface area (Å²) in [6.45, 7) is 3.60. The number of aryl methyl sites for hydroxylation is 1. The monoisotopic (exact) mass is 347 g/mol. The van der Waals surface area contributed by atoms with E-state index >= 15 is 0 Å². The number of fused-ring (bicyclic) bond motifs is 1. The zero-order valence-corrected chi connectivity index (χ0v) is 14.4. The van der Waals surface area contributed by atoms with Gasteiger partial charge in [0.05, 0.1) is 6.04 Å². The highest BCUT2D eigenvalue weighted by Gasteiger charge is 2.24. The van der Waals surface area contributed by atoms with Crippen molar-refractivity contribution in [1.29, 1.82) is 0 Å². The number of pyridine rings is 1. The Morgan fingerprint density at radius 1 is 1.12 bits per heavy atom. The summed E-state index contributed by atoms with van der Waals surface area (Å²) in [7, 11) is 0. The van der Waals surface area contributed by atoms with Crippen LogP contribution in [0, 0.1) is 6.92 Å². The average molecular weight is 347 g/mol. The molecule has 7 heteroatoms. The van der Waals surface area contributed by atoms with Crippen molar-refractivity contribution in [3.8, 4) is 11.3 Å². The first-order valence-electron chi connectivity index (χ1n) is 8.27. The SMILES string of the molecule is Cc1onc(-c2ccccc2)c1C(=O)NC(C)c1nnc2ccccn12. The quantitative estimate of drug-likeness (QED) is 0.613. The molecule has 4 rings (SSSR count). The first kappa shape index (κ1) is 16.0. The van der Waals surface area contributed by atoms with Crippen molar-refractivity contribution in [2.24, 2.45) is 0 Å². The van der Waals surface area contributed by atoms with E-state index in [1.54, 1.807) is 6.92 Å². The van der Waals surface area contributed by atoms with E-state index in [-0.39, 0.29) is 11.9 Å². The van der Waals surface area contributed by atoms with Crippen molar-refractivity contribution in [3.63, 3.8) is 0 Å². The van der Waals surface area contributed by atoms with Crippen LogP contribution in [0.25, 0.3) is 16.9 Å². The number of amides is 1. The summed E-state index contributed by atoms with van der Waals surface area (Å²) in [5, 5.41) is 15.3. The van der Waals surface area contributed by atoms with Crippen molar-refractivity contribution in [3.05, 3.63) is 71.9 Å². The third kappa shape index (κ3) is 2.73. The van der Waals surface area contributed by atoms with Gasteiger partial charge in [0, 0.05) is 11.8 Å². The van der Waals surface area contributed by atoms with E-state index in [2.05, 4.69) is 20.7 Å². The maximum Gasteiger partial charge on any atom is 0.257 e. The van der Waals surface area contributed by atoms with Crippen molar-refractivity contribution < 1.29 is 9.32 Å². The van der Waals surface area contributed by atoms with Gasteiger partial charge in [-0.2, -0.15) is 0 Å². The van der Waals surface area contributed by atoms with Crippen LogP contribution in [-0.2, 0) is 0 Å². The number of nitrogens with one attached hydrogen (secondary N) is 1. The Labute approximate surface area is 149 Å². The zero-order valence-electron chi connectivity index (χ0n) is 14.4. The fourth-order valence-electron chi connectivity index (χ4n) is 2.92. The summed E-state index contributed by atoms with van der Waals surface area (Å²) >= 11 is 0. The number of hydrogen-bond acceptors (Lipinski definition) is 5. The Hall–Kier alpha value is -3.48. The number of rotatable bonds is 4. The lowest BCUT2D eigenvalue weighted by Gasteiger charge is -2.12. The summed E-state index contributed by atoms with van der Waals surface area (Å²) in [6, 6.07) is 14.8. The van der Waals surface area contributed by atoms with Gasteiger partial charge in [0.15, 0.2) is 11.5 Å². The zero-order chi connectivity index (χ0) is 18.1. The number of nitrogens with zero attached hydrogens (tertiary/aromatic N) is 4. The number of hydrogen-bond donors (Lipinski definition) is 1. The van der Waals surface area contributed by atoms with Gasteiger partial charge in [0.1, 0.15) is 17.0 Å². The van der Waals surface area contributed by atoms with Crippen LogP contribution in [0.4, 0.5) is 0 Å². The third-order valence-corrected chi connectivity index (χ3v) is 4.21. The highest BCUT2D eigenvalue weighted by molar-refractivity contribution is 6.00. The number of benzene rings is 1. The summed E-state index contributed by atoms with van der Waals surface area (Å²) in [5.74, 6) is 0.867. The molecular formula is C19H17N5O2. The van der Waals surface area contributed by atoms with E-state index in [1.807, 2.05) is 66.1 Å². The minimum atomic E-state index is -0.335. The molecule has 7 nitrogen and oxygen atoms in total. The highest BCUT2D eigenvalue weighted by atomic mass is 16.5. The topological polar surface area (TPSA) is 85.3 Å². The fraction of sp³-hybridized carbons (Fsp3) is 0.158. The number of carbonyl (C=O) groups excluding carboxylic acids is 1. The highest BCUT2D eigenvalue weighted by Crippen LogP contribution is 2.25. The molecule has 0 spiro atoms. The second-order valence-corrected chi connectivity index (χ2v) is 6.01. The molecule has 0 aliphatic heterocycles. The van der Waals surface area contributed by atoms with Gasteiger partial charge >= 0.3 is 0 Å². The fourth-order valence-corrected chi connectivity index (χ4v) is 2.92. The van der Waals surface area contributed by atoms with Crippen LogP contribution in [0.15, 0.2) is 59.3 Å². The minimum absolute atomic E-state index is 0.261. The van der Waals surface area contributed by atoms with E-state index in [0.29, 0.717) is 22.8 Å². The maximum atomic E-state index is 12.9. The van der Waals surface area contributed by atoms with E-state index in [0.717, 1.165) is 11.2 Å². The second-order valence-electron chi connectivity index (χ2n) is 6.01.